The van der Waals surface area contributed by atoms with E-state index in [4.69, 9.17) is 0 Å². The predicted molar refractivity (Wildman–Crippen MR) is 116 cm³/mol. The average molecular weight is 413 g/mol. The van der Waals surface area contributed by atoms with E-state index >= 15 is 0 Å². The zero-order chi connectivity index (χ0) is 17.2. The quantitative estimate of drug-likeness (QED) is 0.756. The number of para-hydroxylation sites is 2. The van der Waals surface area contributed by atoms with E-state index in [1.54, 1.807) is 0 Å². The number of likely N-dealkylation sites (tertiary alicyclic amines) is 1. The Morgan fingerprint density at radius 1 is 1.11 bits per heavy atom. The van der Waals surface area contributed by atoms with Crippen LogP contribution in [-0.4, -0.2) is 47.2 Å². The molecule has 1 atom stereocenters. The number of fused-ring (bicyclic) bond motifs is 1. The van der Waals surface area contributed by atoms with Crippen LogP contribution in [0.5, 0.6) is 0 Å². The molecule has 1 unspecified atom stereocenters. The van der Waals surface area contributed by atoms with Crippen LogP contribution in [0.4, 0.5) is 0 Å². The Kier molecular flexibility index (Phi) is 7.98. The van der Waals surface area contributed by atoms with E-state index in [2.05, 4.69) is 21.8 Å². The van der Waals surface area contributed by atoms with E-state index < -0.39 is 0 Å². The average Bonchev–Trinajstić information content (AvgIpc) is 2.97. The van der Waals surface area contributed by atoms with Crippen molar-refractivity contribution in [3.8, 4) is 0 Å². The van der Waals surface area contributed by atoms with Crippen LogP contribution in [0.15, 0.2) is 41.2 Å². The van der Waals surface area contributed by atoms with Crippen LogP contribution >= 0.6 is 24.8 Å². The summed E-state index contributed by atoms with van der Waals surface area (Å²) in [4.78, 5) is 17.9. The van der Waals surface area contributed by atoms with Gasteiger partial charge >= 0.3 is 5.69 Å². The van der Waals surface area contributed by atoms with Crippen LogP contribution in [0.25, 0.3) is 11.0 Å². The zero-order valence-electron chi connectivity index (χ0n) is 15.7. The monoisotopic (exact) mass is 412 g/mol. The Bertz CT molecular complexity index is 808. The standard InChI is InChI=1S/C20H28N4O.2ClH/c1-15-14-21-10-6-16(15)7-11-23-12-8-17(9-13-23)24-19-5-3-2-4-18(19)22-20(24)25;;/h2-5,16-17,21H,1,6-14H2,(H,22,25);2*1H. The van der Waals surface area contributed by atoms with Crippen molar-refractivity contribution < 1.29 is 0 Å². The fourth-order valence-electron chi connectivity index (χ4n) is 4.40. The molecule has 0 bridgehead atoms. The van der Waals surface area contributed by atoms with Gasteiger partial charge in [-0.3, -0.25) is 4.57 Å². The first-order valence-corrected chi connectivity index (χ1v) is 9.52. The smallest absolute Gasteiger partial charge is 0.313 e. The molecule has 0 amide bonds. The maximum atomic E-state index is 12.4. The van der Waals surface area contributed by atoms with Gasteiger partial charge in [-0.25, -0.2) is 4.79 Å². The Hall–Kier alpha value is -1.27. The third-order valence-electron chi connectivity index (χ3n) is 5.94. The summed E-state index contributed by atoms with van der Waals surface area (Å²) >= 11 is 0. The van der Waals surface area contributed by atoms with Crippen molar-refractivity contribution in [2.45, 2.75) is 31.7 Å². The molecule has 2 aliphatic heterocycles. The van der Waals surface area contributed by atoms with E-state index in [1.807, 2.05) is 28.8 Å². The van der Waals surface area contributed by atoms with Crippen molar-refractivity contribution in [2.24, 2.45) is 5.92 Å². The zero-order valence-corrected chi connectivity index (χ0v) is 17.3. The lowest BCUT2D eigenvalue weighted by Gasteiger charge is -2.34. The highest BCUT2D eigenvalue weighted by atomic mass is 35.5. The SMILES string of the molecule is C=C1CNCCC1CCN1CCC(n2c(=O)[nH]c3ccccc32)CC1.Cl.Cl. The third kappa shape index (κ3) is 4.77. The first-order valence-electron chi connectivity index (χ1n) is 9.52. The summed E-state index contributed by atoms with van der Waals surface area (Å²) in [6.45, 7) is 9.63. The molecule has 2 N–H and O–H groups in total. The van der Waals surface area contributed by atoms with Gasteiger partial charge in [0.25, 0.3) is 0 Å². The topological polar surface area (TPSA) is 53.1 Å². The number of nitrogens with zero attached hydrogens (tertiary/aromatic N) is 2. The highest BCUT2D eigenvalue weighted by Crippen LogP contribution is 2.26. The third-order valence-corrected chi connectivity index (χ3v) is 5.94. The van der Waals surface area contributed by atoms with Crippen molar-refractivity contribution in [1.82, 2.24) is 19.8 Å². The number of H-pyrrole nitrogens is 1. The van der Waals surface area contributed by atoms with Gasteiger partial charge in [0.05, 0.1) is 11.0 Å². The van der Waals surface area contributed by atoms with Crippen molar-refractivity contribution >= 4 is 35.8 Å². The van der Waals surface area contributed by atoms with Crippen LogP contribution in [-0.2, 0) is 0 Å². The fraction of sp³-hybridized carbons (Fsp3) is 0.550. The van der Waals surface area contributed by atoms with Crippen LogP contribution in [0, 0.1) is 5.92 Å². The first kappa shape index (κ1) is 22.0. The second-order valence-electron chi connectivity index (χ2n) is 7.50. The number of nitrogens with one attached hydrogen (secondary N) is 2. The largest absolute Gasteiger partial charge is 0.326 e. The minimum Gasteiger partial charge on any atom is -0.313 e. The lowest BCUT2D eigenvalue weighted by molar-refractivity contribution is 0.177. The number of aromatic nitrogens is 2. The van der Waals surface area contributed by atoms with Gasteiger partial charge in [-0.15, -0.1) is 24.8 Å². The summed E-state index contributed by atoms with van der Waals surface area (Å²) in [6.07, 6.45) is 4.54. The van der Waals surface area contributed by atoms with Gasteiger partial charge in [0, 0.05) is 25.7 Å². The number of piperidine rings is 2. The number of imidazole rings is 1. The van der Waals surface area contributed by atoms with E-state index in [9.17, 15) is 4.79 Å². The Labute approximate surface area is 173 Å². The summed E-state index contributed by atoms with van der Waals surface area (Å²) in [6, 6.07) is 8.32. The van der Waals surface area contributed by atoms with Crippen LogP contribution in [0.2, 0.25) is 0 Å². The highest BCUT2D eigenvalue weighted by molar-refractivity contribution is 5.85. The van der Waals surface area contributed by atoms with Crippen molar-refractivity contribution in [3.63, 3.8) is 0 Å². The Morgan fingerprint density at radius 3 is 2.59 bits per heavy atom. The molecule has 1 aromatic carbocycles. The molecule has 150 valence electrons. The first-order chi connectivity index (χ1) is 12.2. The molecule has 5 nitrogen and oxygen atoms in total. The lowest BCUT2D eigenvalue weighted by atomic mass is 9.90. The van der Waals surface area contributed by atoms with Gasteiger partial charge in [0.15, 0.2) is 0 Å². The minimum absolute atomic E-state index is 0. The molecular formula is C20H30Cl2N4O. The Morgan fingerprint density at radius 2 is 1.85 bits per heavy atom. The Balaban J connectivity index is 0.00000131. The second-order valence-corrected chi connectivity index (χ2v) is 7.50. The molecule has 2 aliphatic rings. The lowest BCUT2D eigenvalue weighted by Crippen LogP contribution is -2.39. The van der Waals surface area contributed by atoms with E-state index in [0.717, 1.165) is 56.6 Å². The van der Waals surface area contributed by atoms with Crippen LogP contribution in [0.1, 0.15) is 31.7 Å². The second kappa shape index (κ2) is 9.78. The summed E-state index contributed by atoms with van der Waals surface area (Å²) < 4.78 is 1.97. The molecule has 7 heteroatoms. The molecule has 0 saturated carbocycles. The summed E-state index contributed by atoms with van der Waals surface area (Å²) in [7, 11) is 0. The molecule has 0 spiro atoms. The summed E-state index contributed by atoms with van der Waals surface area (Å²) in [5.74, 6) is 0.676. The van der Waals surface area contributed by atoms with Crippen LogP contribution in [0.3, 0.4) is 0 Å². The maximum absolute atomic E-state index is 12.4. The summed E-state index contributed by atoms with van der Waals surface area (Å²) in [5.41, 5.74) is 3.38. The maximum Gasteiger partial charge on any atom is 0.326 e. The molecule has 2 aromatic rings. The number of hydrogen-bond donors (Lipinski definition) is 2. The van der Waals surface area contributed by atoms with Gasteiger partial charge in [-0.1, -0.05) is 24.3 Å². The number of aromatic amines is 1. The minimum atomic E-state index is 0. The molecule has 2 fully saturated rings. The molecule has 0 radical (unpaired) electrons. The normalized spacial score (nSPS) is 21.6. The van der Waals surface area contributed by atoms with E-state index in [1.165, 1.54) is 18.4 Å². The molecular weight excluding hydrogens is 383 g/mol. The van der Waals surface area contributed by atoms with E-state index in [0.29, 0.717) is 12.0 Å². The highest BCUT2D eigenvalue weighted by Gasteiger charge is 2.24. The number of rotatable bonds is 4. The van der Waals surface area contributed by atoms with Crippen molar-refractivity contribution in [2.75, 3.05) is 32.7 Å². The predicted octanol–water partition coefficient (Wildman–Crippen LogP) is 3.37. The van der Waals surface area contributed by atoms with Gasteiger partial charge in [-0.2, -0.15) is 0 Å². The summed E-state index contributed by atoms with van der Waals surface area (Å²) in [5, 5.41) is 3.40. The van der Waals surface area contributed by atoms with Gasteiger partial charge in [0.2, 0.25) is 0 Å². The number of hydrogen-bond acceptors (Lipinski definition) is 3. The molecule has 3 heterocycles. The van der Waals surface area contributed by atoms with Crippen molar-refractivity contribution in [3.05, 3.63) is 46.9 Å². The molecule has 2 saturated heterocycles. The van der Waals surface area contributed by atoms with Gasteiger partial charge in [0.1, 0.15) is 0 Å². The van der Waals surface area contributed by atoms with Crippen LogP contribution < -0.4 is 11.0 Å². The van der Waals surface area contributed by atoms with Gasteiger partial charge in [-0.05, 0) is 56.8 Å². The fourth-order valence-corrected chi connectivity index (χ4v) is 4.40. The van der Waals surface area contributed by atoms with E-state index in [-0.39, 0.29) is 30.5 Å². The molecule has 4 rings (SSSR count). The molecule has 27 heavy (non-hydrogen) atoms. The molecule has 1 aromatic heterocycles. The molecule has 0 aliphatic carbocycles. The number of benzene rings is 1. The number of halogens is 2. The van der Waals surface area contributed by atoms with Crippen molar-refractivity contribution in [1.29, 1.82) is 0 Å². The van der Waals surface area contributed by atoms with Gasteiger partial charge < -0.3 is 15.2 Å².